The third kappa shape index (κ3) is 3.32. The van der Waals surface area contributed by atoms with Crippen molar-refractivity contribution < 1.29 is 9.90 Å². The average Bonchev–Trinajstić information content (AvgIpc) is 2.76. The van der Waals surface area contributed by atoms with Gasteiger partial charge in [0.25, 0.3) is 0 Å². The number of aliphatic carboxylic acids is 1. The van der Waals surface area contributed by atoms with E-state index in [1.807, 2.05) is 12.5 Å². The summed E-state index contributed by atoms with van der Waals surface area (Å²) < 4.78 is 2.17. The second-order valence-corrected chi connectivity index (χ2v) is 5.12. The quantitative estimate of drug-likeness (QED) is 0.874. The zero-order valence-electron chi connectivity index (χ0n) is 10.3. The maximum absolute atomic E-state index is 10.5. The van der Waals surface area contributed by atoms with Crippen LogP contribution < -0.4 is 0 Å². The van der Waals surface area contributed by atoms with E-state index in [1.165, 1.54) is 25.7 Å². The van der Waals surface area contributed by atoms with Crippen LogP contribution in [0.1, 0.15) is 50.8 Å². The molecule has 0 amide bonds. The molecular formula is C13H20N2O2. The molecule has 0 aliphatic heterocycles. The van der Waals surface area contributed by atoms with E-state index in [0.29, 0.717) is 12.5 Å². The smallest absolute Gasteiger partial charge is 0.303 e. The van der Waals surface area contributed by atoms with Crippen LogP contribution in [0.2, 0.25) is 0 Å². The second-order valence-electron chi connectivity index (χ2n) is 5.12. The first-order valence-corrected chi connectivity index (χ1v) is 6.39. The minimum atomic E-state index is -0.758. The highest BCUT2D eigenvalue weighted by molar-refractivity contribution is 5.66. The molecular weight excluding hydrogens is 216 g/mol. The lowest BCUT2D eigenvalue weighted by Gasteiger charge is -2.26. The summed E-state index contributed by atoms with van der Waals surface area (Å²) in [6, 6.07) is 0.567. The Morgan fingerprint density at radius 3 is 2.82 bits per heavy atom. The van der Waals surface area contributed by atoms with Gasteiger partial charge in [0.15, 0.2) is 0 Å². The van der Waals surface area contributed by atoms with Crippen LogP contribution >= 0.6 is 0 Å². The van der Waals surface area contributed by atoms with Crippen molar-refractivity contribution in [1.82, 2.24) is 9.55 Å². The zero-order chi connectivity index (χ0) is 12.3. The molecule has 94 valence electrons. The largest absolute Gasteiger partial charge is 0.481 e. The maximum atomic E-state index is 10.5. The Bertz CT molecular complexity index is 379. The van der Waals surface area contributed by atoms with Crippen LogP contribution in [0.25, 0.3) is 0 Å². The van der Waals surface area contributed by atoms with Crippen molar-refractivity contribution in [2.45, 2.75) is 51.5 Å². The molecule has 1 aromatic heterocycles. The van der Waals surface area contributed by atoms with Crippen LogP contribution in [-0.2, 0) is 11.2 Å². The lowest BCUT2D eigenvalue weighted by molar-refractivity contribution is -0.136. The molecule has 1 aliphatic carbocycles. The van der Waals surface area contributed by atoms with Gasteiger partial charge in [-0.3, -0.25) is 4.79 Å². The highest BCUT2D eigenvalue weighted by atomic mass is 16.4. The Hall–Kier alpha value is -1.32. The van der Waals surface area contributed by atoms with Crippen LogP contribution in [0.4, 0.5) is 0 Å². The van der Waals surface area contributed by atoms with E-state index in [0.717, 1.165) is 11.6 Å². The van der Waals surface area contributed by atoms with Gasteiger partial charge in [-0.15, -0.1) is 0 Å². The minimum absolute atomic E-state index is 0.165. The monoisotopic (exact) mass is 236 g/mol. The lowest BCUT2D eigenvalue weighted by atomic mass is 9.87. The van der Waals surface area contributed by atoms with Gasteiger partial charge in [0.05, 0.1) is 18.4 Å². The molecule has 0 radical (unpaired) electrons. The first-order valence-electron chi connectivity index (χ1n) is 6.39. The lowest BCUT2D eigenvalue weighted by Crippen LogP contribution is -2.15. The number of hydrogen-bond acceptors (Lipinski definition) is 2. The number of imidazole rings is 1. The summed E-state index contributed by atoms with van der Waals surface area (Å²) in [4.78, 5) is 14.8. The third-order valence-electron chi connectivity index (χ3n) is 3.66. The molecule has 0 atom stereocenters. The molecule has 1 aromatic rings. The predicted molar refractivity (Wildman–Crippen MR) is 64.9 cm³/mol. The molecule has 2 rings (SSSR count). The van der Waals surface area contributed by atoms with Crippen molar-refractivity contribution >= 4 is 5.97 Å². The molecule has 1 fully saturated rings. The van der Waals surface area contributed by atoms with Gasteiger partial charge < -0.3 is 9.67 Å². The summed E-state index contributed by atoms with van der Waals surface area (Å²) in [5.41, 5.74) is 0.894. The molecule has 1 saturated carbocycles. The van der Waals surface area contributed by atoms with Crippen molar-refractivity contribution in [3.05, 3.63) is 18.2 Å². The van der Waals surface area contributed by atoms with Gasteiger partial charge in [-0.1, -0.05) is 6.92 Å². The molecule has 4 nitrogen and oxygen atoms in total. The number of nitrogens with zero attached hydrogens (tertiary/aromatic N) is 2. The van der Waals surface area contributed by atoms with E-state index in [9.17, 15) is 4.79 Å². The fraction of sp³-hybridized carbons (Fsp3) is 0.692. The van der Waals surface area contributed by atoms with Crippen molar-refractivity contribution in [2.24, 2.45) is 5.92 Å². The normalized spacial score (nSPS) is 24.8. The van der Waals surface area contributed by atoms with Gasteiger partial charge in [-0.2, -0.15) is 0 Å². The SMILES string of the molecule is CC1CCC(n2cnc(CCC(=O)O)c2)CC1. The van der Waals surface area contributed by atoms with Crippen molar-refractivity contribution in [3.63, 3.8) is 0 Å². The van der Waals surface area contributed by atoms with Crippen LogP contribution in [0.15, 0.2) is 12.5 Å². The summed E-state index contributed by atoms with van der Waals surface area (Å²) in [6.07, 6.45) is 9.58. The van der Waals surface area contributed by atoms with Gasteiger partial charge >= 0.3 is 5.97 Å². The highest BCUT2D eigenvalue weighted by Gasteiger charge is 2.19. The summed E-state index contributed by atoms with van der Waals surface area (Å²) >= 11 is 0. The van der Waals surface area contributed by atoms with Gasteiger partial charge in [-0.25, -0.2) is 4.98 Å². The van der Waals surface area contributed by atoms with Gasteiger partial charge in [0, 0.05) is 18.7 Å². The van der Waals surface area contributed by atoms with E-state index in [1.54, 1.807) is 0 Å². The number of aromatic nitrogens is 2. The molecule has 0 unspecified atom stereocenters. The number of hydrogen-bond donors (Lipinski definition) is 1. The average molecular weight is 236 g/mol. The standard InChI is InChI=1S/C13H20N2O2/c1-10-2-5-12(6-3-10)15-8-11(14-9-15)4-7-13(16)17/h8-10,12H,2-7H2,1H3,(H,16,17). The van der Waals surface area contributed by atoms with Crippen LogP contribution in [0.3, 0.4) is 0 Å². The number of aryl methyl sites for hydroxylation is 1. The first-order chi connectivity index (χ1) is 8.15. The zero-order valence-corrected chi connectivity index (χ0v) is 10.3. The third-order valence-corrected chi connectivity index (χ3v) is 3.66. The number of carboxylic acid groups (broad SMARTS) is 1. The van der Waals surface area contributed by atoms with Crippen LogP contribution in [-0.4, -0.2) is 20.6 Å². The molecule has 0 saturated heterocycles. The molecule has 1 aliphatic rings. The van der Waals surface area contributed by atoms with E-state index in [4.69, 9.17) is 5.11 Å². The number of rotatable bonds is 4. The molecule has 1 heterocycles. The Morgan fingerprint density at radius 2 is 2.18 bits per heavy atom. The fourth-order valence-corrected chi connectivity index (χ4v) is 2.48. The Morgan fingerprint density at radius 1 is 1.47 bits per heavy atom. The Kier molecular flexibility index (Phi) is 3.82. The number of carboxylic acids is 1. The molecule has 17 heavy (non-hydrogen) atoms. The summed E-state index contributed by atoms with van der Waals surface area (Å²) in [5, 5.41) is 8.62. The Balaban J connectivity index is 1.91. The van der Waals surface area contributed by atoms with Crippen molar-refractivity contribution in [2.75, 3.05) is 0 Å². The summed E-state index contributed by atoms with van der Waals surface area (Å²) in [5.74, 6) is 0.0901. The van der Waals surface area contributed by atoms with Gasteiger partial charge in [-0.05, 0) is 31.6 Å². The maximum Gasteiger partial charge on any atom is 0.303 e. The molecule has 0 spiro atoms. The minimum Gasteiger partial charge on any atom is -0.481 e. The predicted octanol–water partition coefficient (Wildman–Crippen LogP) is 2.65. The summed E-state index contributed by atoms with van der Waals surface area (Å²) in [7, 11) is 0. The highest BCUT2D eigenvalue weighted by Crippen LogP contribution is 2.31. The topological polar surface area (TPSA) is 55.1 Å². The van der Waals surface area contributed by atoms with Gasteiger partial charge in [0.2, 0.25) is 0 Å². The van der Waals surface area contributed by atoms with Crippen molar-refractivity contribution in [3.8, 4) is 0 Å². The van der Waals surface area contributed by atoms with E-state index < -0.39 is 5.97 Å². The molecule has 4 heteroatoms. The van der Waals surface area contributed by atoms with Gasteiger partial charge in [0.1, 0.15) is 0 Å². The first kappa shape index (κ1) is 12.1. The van der Waals surface area contributed by atoms with Crippen LogP contribution in [0, 0.1) is 5.92 Å². The Labute approximate surface area is 102 Å². The molecule has 1 N–H and O–H groups in total. The molecule has 0 aromatic carbocycles. The van der Waals surface area contributed by atoms with E-state index >= 15 is 0 Å². The van der Waals surface area contributed by atoms with E-state index in [-0.39, 0.29) is 6.42 Å². The van der Waals surface area contributed by atoms with E-state index in [2.05, 4.69) is 16.5 Å². The molecule has 0 bridgehead atoms. The summed E-state index contributed by atoms with van der Waals surface area (Å²) in [6.45, 7) is 2.31. The second kappa shape index (κ2) is 5.34. The number of carbonyl (C=O) groups is 1. The van der Waals surface area contributed by atoms with Crippen LogP contribution in [0.5, 0.6) is 0 Å². The fourth-order valence-electron chi connectivity index (χ4n) is 2.48. The van der Waals surface area contributed by atoms with Crippen molar-refractivity contribution in [1.29, 1.82) is 0 Å².